The summed E-state index contributed by atoms with van der Waals surface area (Å²) in [6.07, 6.45) is 3.67. The summed E-state index contributed by atoms with van der Waals surface area (Å²) < 4.78 is 10.5. The van der Waals surface area contributed by atoms with E-state index >= 15 is 0 Å². The van der Waals surface area contributed by atoms with E-state index in [1.165, 1.54) is 19.4 Å². The zero-order valence-electron chi connectivity index (χ0n) is 13.1. The molecule has 1 saturated carbocycles. The number of rotatable bonds is 4. The molecule has 0 unspecified atom stereocenters. The number of nitrogens with zero attached hydrogens (tertiary/aromatic N) is 3. The van der Waals surface area contributed by atoms with Gasteiger partial charge in [-0.05, 0) is 25.7 Å². The van der Waals surface area contributed by atoms with Gasteiger partial charge in [0.1, 0.15) is 0 Å². The Bertz CT molecular complexity index is 632. The molecule has 2 atom stereocenters. The molecule has 0 N–H and O–H groups in total. The Hall–Kier alpha value is -2.22. The number of hydrogen-bond acceptors (Lipinski definition) is 7. The predicted octanol–water partition coefficient (Wildman–Crippen LogP) is 1.78. The Balaban J connectivity index is 1.91. The summed E-state index contributed by atoms with van der Waals surface area (Å²) in [7, 11) is 1.23. The van der Waals surface area contributed by atoms with Crippen molar-refractivity contribution in [3.63, 3.8) is 0 Å². The maximum atomic E-state index is 11.6. The van der Waals surface area contributed by atoms with E-state index in [9.17, 15) is 14.9 Å². The van der Waals surface area contributed by atoms with Crippen LogP contribution >= 0.6 is 0 Å². The molecule has 1 aromatic rings. The molecule has 3 rings (SSSR count). The molecular weight excluding hydrogens is 302 g/mol. The number of carbonyl (C=O) groups is 1. The fourth-order valence-electron chi connectivity index (χ4n) is 2.94. The number of anilines is 1. The highest BCUT2D eigenvalue weighted by atomic mass is 16.6. The molecule has 0 radical (unpaired) electrons. The molecule has 0 spiro atoms. The first kappa shape index (κ1) is 15.7. The lowest BCUT2D eigenvalue weighted by atomic mass is 10.1. The van der Waals surface area contributed by atoms with Crippen molar-refractivity contribution in [2.75, 3.05) is 25.1 Å². The van der Waals surface area contributed by atoms with Crippen LogP contribution in [0, 0.1) is 16.0 Å². The number of aromatic nitrogens is 1. The molecule has 1 aliphatic heterocycles. The topological polar surface area (TPSA) is 94.8 Å². The number of carbonyl (C=O) groups excluding carboxylic acids is 1. The van der Waals surface area contributed by atoms with Gasteiger partial charge in [0.25, 0.3) is 0 Å². The van der Waals surface area contributed by atoms with Crippen molar-refractivity contribution in [2.24, 2.45) is 5.92 Å². The third-order valence-corrected chi connectivity index (χ3v) is 4.20. The summed E-state index contributed by atoms with van der Waals surface area (Å²) in [4.78, 5) is 28.5. The van der Waals surface area contributed by atoms with Crippen LogP contribution in [0.4, 0.5) is 11.5 Å². The van der Waals surface area contributed by atoms with E-state index in [-0.39, 0.29) is 29.3 Å². The molecule has 8 heteroatoms. The summed E-state index contributed by atoms with van der Waals surface area (Å²) >= 11 is 0. The fourth-order valence-corrected chi connectivity index (χ4v) is 2.94. The second kappa shape index (κ2) is 6.11. The quantitative estimate of drug-likeness (QED) is 0.474. The highest BCUT2D eigenvalue weighted by Gasteiger charge is 2.39. The van der Waals surface area contributed by atoms with E-state index in [0.29, 0.717) is 19.0 Å². The van der Waals surface area contributed by atoms with Crippen molar-refractivity contribution in [3.8, 4) is 0 Å². The molecule has 2 fully saturated rings. The summed E-state index contributed by atoms with van der Waals surface area (Å²) in [6, 6.07) is 1.22. The Labute approximate surface area is 133 Å². The highest BCUT2D eigenvalue weighted by molar-refractivity contribution is 5.90. The van der Waals surface area contributed by atoms with E-state index < -0.39 is 10.9 Å². The molecule has 124 valence electrons. The summed E-state index contributed by atoms with van der Waals surface area (Å²) in [5.74, 6) is 0.176. The van der Waals surface area contributed by atoms with Crippen LogP contribution in [0.2, 0.25) is 0 Å². The molecule has 2 heterocycles. The molecule has 0 bridgehead atoms. The second-order valence-corrected chi connectivity index (χ2v) is 6.04. The smallest absolute Gasteiger partial charge is 0.339 e. The van der Waals surface area contributed by atoms with Gasteiger partial charge in [-0.3, -0.25) is 10.1 Å². The van der Waals surface area contributed by atoms with Crippen LogP contribution in [0.5, 0.6) is 0 Å². The van der Waals surface area contributed by atoms with Crippen molar-refractivity contribution in [3.05, 3.63) is 27.9 Å². The summed E-state index contributed by atoms with van der Waals surface area (Å²) in [5.41, 5.74) is -0.112. The first-order chi connectivity index (χ1) is 11.0. The van der Waals surface area contributed by atoms with Crippen molar-refractivity contribution in [1.82, 2.24) is 4.98 Å². The Kier molecular flexibility index (Phi) is 4.16. The number of hydrogen-bond donors (Lipinski definition) is 0. The number of methoxy groups -OCH3 is 1. The van der Waals surface area contributed by atoms with Crippen LogP contribution in [0.1, 0.15) is 30.1 Å². The van der Waals surface area contributed by atoms with Gasteiger partial charge in [-0.25, -0.2) is 9.78 Å². The van der Waals surface area contributed by atoms with Crippen LogP contribution in [-0.4, -0.2) is 48.3 Å². The monoisotopic (exact) mass is 321 g/mol. The number of pyridine rings is 1. The predicted molar refractivity (Wildman–Crippen MR) is 81.5 cm³/mol. The van der Waals surface area contributed by atoms with Gasteiger partial charge in [0.05, 0.1) is 29.8 Å². The minimum Gasteiger partial charge on any atom is -0.465 e. The molecule has 2 aliphatic rings. The minimum absolute atomic E-state index is 0.0176. The molecule has 8 nitrogen and oxygen atoms in total. The van der Waals surface area contributed by atoms with E-state index in [1.807, 2.05) is 11.8 Å². The normalized spacial score (nSPS) is 24.3. The van der Waals surface area contributed by atoms with Gasteiger partial charge in [-0.15, -0.1) is 0 Å². The minimum atomic E-state index is -0.640. The summed E-state index contributed by atoms with van der Waals surface area (Å²) in [6.45, 7) is 3.07. The Morgan fingerprint density at radius 2 is 2.22 bits per heavy atom. The van der Waals surface area contributed by atoms with Crippen molar-refractivity contribution in [2.45, 2.75) is 32.0 Å². The summed E-state index contributed by atoms with van der Waals surface area (Å²) in [5, 5.41) is 11.4. The van der Waals surface area contributed by atoms with Gasteiger partial charge in [0.2, 0.25) is 5.82 Å². The van der Waals surface area contributed by atoms with Gasteiger partial charge >= 0.3 is 11.7 Å². The molecule has 1 aliphatic carbocycles. The molecule has 1 aromatic heterocycles. The van der Waals surface area contributed by atoms with E-state index in [1.54, 1.807) is 0 Å². The molecule has 1 saturated heterocycles. The van der Waals surface area contributed by atoms with Gasteiger partial charge in [0.15, 0.2) is 0 Å². The van der Waals surface area contributed by atoms with Crippen molar-refractivity contribution in [1.29, 1.82) is 0 Å². The second-order valence-electron chi connectivity index (χ2n) is 6.04. The van der Waals surface area contributed by atoms with E-state index in [0.717, 1.165) is 12.8 Å². The lowest BCUT2D eigenvalue weighted by molar-refractivity contribution is -0.384. The standard InChI is InChI=1S/C15H19N3O5/c1-9-7-17(8-13(23-9)10-3-4-10)14-12(18(20)21)5-11(6-16-14)15(19)22-2/h5-6,9-10,13H,3-4,7-8H2,1-2H3/t9-,13-/m0/s1. The lowest BCUT2D eigenvalue weighted by Crippen LogP contribution is -2.48. The van der Waals surface area contributed by atoms with Crippen LogP contribution in [0.3, 0.4) is 0 Å². The Morgan fingerprint density at radius 3 is 2.83 bits per heavy atom. The highest BCUT2D eigenvalue weighted by Crippen LogP contribution is 2.38. The maximum absolute atomic E-state index is 11.6. The number of nitro groups is 1. The number of esters is 1. The fraction of sp³-hybridized carbons (Fsp3) is 0.600. The van der Waals surface area contributed by atoms with E-state index in [4.69, 9.17) is 4.74 Å². The molecular formula is C15H19N3O5. The van der Waals surface area contributed by atoms with E-state index in [2.05, 4.69) is 9.72 Å². The third kappa shape index (κ3) is 3.26. The van der Waals surface area contributed by atoms with Gasteiger partial charge in [0, 0.05) is 25.4 Å². The number of ether oxygens (including phenoxy) is 2. The van der Waals surface area contributed by atoms with Gasteiger partial charge in [-0.2, -0.15) is 0 Å². The first-order valence-electron chi connectivity index (χ1n) is 7.62. The lowest BCUT2D eigenvalue weighted by Gasteiger charge is -2.37. The zero-order chi connectivity index (χ0) is 16.6. The number of morpholine rings is 1. The first-order valence-corrected chi connectivity index (χ1v) is 7.62. The van der Waals surface area contributed by atoms with Crippen LogP contribution in [0.15, 0.2) is 12.3 Å². The van der Waals surface area contributed by atoms with Crippen molar-refractivity contribution >= 4 is 17.5 Å². The van der Waals surface area contributed by atoms with Crippen LogP contribution < -0.4 is 4.90 Å². The van der Waals surface area contributed by atoms with Gasteiger partial charge in [-0.1, -0.05) is 0 Å². The largest absolute Gasteiger partial charge is 0.465 e. The average Bonchev–Trinajstić information content (AvgIpc) is 3.37. The third-order valence-electron chi connectivity index (χ3n) is 4.20. The van der Waals surface area contributed by atoms with Gasteiger partial charge < -0.3 is 14.4 Å². The molecule has 23 heavy (non-hydrogen) atoms. The van der Waals surface area contributed by atoms with Crippen molar-refractivity contribution < 1.29 is 19.2 Å². The van der Waals surface area contributed by atoms with Crippen LogP contribution in [0.25, 0.3) is 0 Å². The molecule has 0 aromatic carbocycles. The zero-order valence-corrected chi connectivity index (χ0v) is 13.1. The molecule has 0 amide bonds. The average molecular weight is 321 g/mol. The Morgan fingerprint density at radius 1 is 1.48 bits per heavy atom. The SMILES string of the molecule is COC(=O)c1cnc(N2C[C@@H](C3CC3)O[C@@H](C)C2)c([N+](=O)[O-])c1. The maximum Gasteiger partial charge on any atom is 0.339 e. The van der Waals surface area contributed by atoms with Crippen LogP contribution in [-0.2, 0) is 9.47 Å².